The summed E-state index contributed by atoms with van der Waals surface area (Å²) >= 11 is 0. The van der Waals surface area contributed by atoms with Gasteiger partial charge in [-0.3, -0.25) is 4.90 Å². The molecule has 1 fully saturated rings. The Labute approximate surface area is 144 Å². The van der Waals surface area contributed by atoms with Crippen molar-refractivity contribution < 1.29 is 0 Å². The van der Waals surface area contributed by atoms with E-state index in [1.54, 1.807) is 6.20 Å². The van der Waals surface area contributed by atoms with Crippen LogP contribution < -0.4 is 4.90 Å². The Kier molecular flexibility index (Phi) is 5.45. The van der Waals surface area contributed by atoms with Crippen molar-refractivity contribution in [3.63, 3.8) is 0 Å². The standard InChI is InChI=1S/C20H24N4/c1-2-6-19-16-24(20-10-9-18(13-21)14-22-20)12-11-23(19)15-17-7-4-3-5-8-17/h3-5,7-10,14,19H,2,6,11-12,15-16H2,1H3. The second kappa shape index (κ2) is 7.94. The molecule has 2 heterocycles. The lowest BCUT2D eigenvalue weighted by atomic mass is 10.0. The summed E-state index contributed by atoms with van der Waals surface area (Å²) in [7, 11) is 0. The minimum absolute atomic E-state index is 0.543. The summed E-state index contributed by atoms with van der Waals surface area (Å²) < 4.78 is 0. The molecular weight excluding hydrogens is 296 g/mol. The maximum atomic E-state index is 8.92. The van der Waals surface area contributed by atoms with Crippen molar-refractivity contribution in [1.29, 1.82) is 5.26 Å². The Morgan fingerprint density at radius 2 is 2.00 bits per heavy atom. The van der Waals surface area contributed by atoms with E-state index in [9.17, 15) is 0 Å². The summed E-state index contributed by atoms with van der Waals surface area (Å²) in [5.41, 5.74) is 2.00. The van der Waals surface area contributed by atoms with Crippen LogP contribution in [0.1, 0.15) is 30.9 Å². The quantitative estimate of drug-likeness (QED) is 0.846. The Bertz CT molecular complexity index is 675. The molecule has 1 aromatic heterocycles. The van der Waals surface area contributed by atoms with Crippen LogP contribution in [0.15, 0.2) is 48.7 Å². The first-order valence-corrected chi connectivity index (χ1v) is 8.69. The number of aromatic nitrogens is 1. The zero-order chi connectivity index (χ0) is 16.8. The van der Waals surface area contributed by atoms with Gasteiger partial charge in [-0.1, -0.05) is 43.7 Å². The van der Waals surface area contributed by atoms with Crippen LogP contribution >= 0.6 is 0 Å². The number of hydrogen-bond donors (Lipinski definition) is 0. The van der Waals surface area contributed by atoms with Gasteiger partial charge < -0.3 is 4.90 Å². The van der Waals surface area contributed by atoms with Crippen molar-refractivity contribution in [2.24, 2.45) is 0 Å². The predicted molar refractivity (Wildman–Crippen MR) is 96.7 cm³/mol. The van der Waals surface area contributed by atoms with Crippen LogP contribution in [0.4, 0.5) is 5.82 Å². The second-order valence-electron chi connectivity index (χ2n) is 6.36. The van der Waals surface area contributed by atoms with Crippen LogP contribution in [0.25, 0.3) is 0 Å². The number of nitrogens with zero attached hydrogens (tertiary/aromatic N) is 4. The van der Waals surface area contributed by atoms with Gasteiger partial charge in [0.1, 0.15) is 11.9 Å². The number of nitriles is 1. The molecule has 0 aliphatic carbocycles. The highest BCUT2D eigenvalue weighted by Gasteiger charge is 2.27. The lowest BCUT2D eigenvalue weighted by Gasteiger charge is -2.42. The third kappa shape index (κ3) is 3.93. The van der Waals surface area contributed by atoms with Gasteiger partial charge in [0.05, 0.1) is 5.56 Å². The molecule has 0 N–H and O–H groups in total. The summed E-state index contributed by atoms with van der Waals surface area (Å²) in [5.74, 6) is 0.981. The molecule has 24 heavy (non-hydrogen) atoms. The summed E-state index contributed by atoms with van der Waals surface area (Å²) in [6, 6.07) is 17.2. The van der Waals surface area contributed by atoms with Crippen molar-refractivity contribution in [3.8, 4) is 6.07 Å². The van der Waals surface area contributed by atoms with Crippen LogP contribution in [0.3, 0.4) is 0 Å². The number of anilines is 1. The average molecular weight is 320 g/mol. The Hall–Kier alpha value is -2.38. The molecular formula is C20H24N4. The fourth-order valence-corrected chi connectivity index (χ4v) is 3.37. The van der Waals surface area contributed by atoms with E-state index in [4.69, 9.17) is 5.26 Å². The Morgan fingerprint density at radius 3 is 2.67 bits per heavy atom. The minimum atomic E-state index is 0.543. The smallest absolute Gasteiger partial charge is 0.128 e. The van der Waals surface area contributed by atoms with Gasteiger partial charge in [-0.15, -0.1) is 0 Å². The van der Waals surface area contributed by atoms with Crippen molar-refractivity contribution in [1.82, 2.24) is 9.88 Å². The zero-order valence-corrected chi connectivity index (χ0v) is 14.2. The van der Waals surface area contributed by atoms with E-state index >= 15 is 0 Å². The third-order valence-corrected chi connectivity index (χ3v) is 4.66. The van der Waals surface area contributed by atoms with E-state index < -0.39 is 0 Å². The van der Waals surface area contributed by atoms with Crippen LogP contribution in [-0.2, 0) is 6.54 Å². The fourth-order valence-electron chi connectivity index (χ4n) is 3.37. The Morgan fingerprint density at radius 1 is 1.17 bits per heavy atom. The predicted octanol–water partition coefficient (Wildman–Crippen LogP) is 3.44. The molecule has 0 saturated carbocycles. The molecule has 0 radical (unpaired) electrons. The van der Waals surface area contributed by atoms with Gasteiger partial charge >= 0.3 is 0 Å². The first kappa shape index (κ1) is 16.5. The highest BCUT2D eigenvalue weighted by atomic mass is 15.3. The molecule has 1 saturated heterocycles. The van der Waals surface area contributed by atoms with Crippen molar-refractivity contribution in [3.05, 3.63) is 59.8 Å². The maximum Gasteiger partial charge on any atom is 0.128 e. The largest absolute Gasteiger partial charge is 0.354 e. The molecule has 4 heteroatoms. The molecule has 0 bridgehead atoms. The monoisotopic (exact) mass is 320 g/mol. The van der Waals surface area contributed by atoms with E-state index in [1.165, 1.54) is 18.4 Å². The summed E-state index contributed by atoms with van der Waals surface area (Å²) in [4.78, 5) is 9.41. The van der Waals surface area contributed by atoms with Gasteiger partial charge in [0.25, 0.3) is 0 Å². The highest BCUT2D eigenvalue weighted by Crippen LogP contribution is 2.21. The van der Waals surface area contributed by atoms with Crippen molar-refractivity contribution >= 4 is 5.82 Å². The summed E-state index contributed by atoms with van der Waals surface area (Å²) in [5, 5.41) is 8.92. The lowest BCUT2D eigenvalue weighted by molar-refractivity contribution is 0.158. The maximum absolute atomic E-state index is 8.92. The minimum Gasteiger partial charge on any atom is -0.354 e. The normalized spacial score (nSPS) is 18.3. The number of piperazine rings is 1. The van der Waals surface area contributed by atoms with E-state index in [0.717, 1.165) is 32.0 Å². The molecule has 1 aromatic carbocycles. The van der Waals surface area contributed by atoms with E-state index in [-0.39, 0.29) is 0 Å². The molecule has 3 rings (SSSR count). The Balaban J connectivity index is 1.69. The molecule has 1 unspecified atom stereocenters. The lowest BCUT2D eigenvalue weighted by Crippen LogP contribution is -2.53. The fraction of sp³-hybridized carbons (Fsp3) is 0.400. The van der Waals surface area contributed by atoms with Crippen LogP contribution in [0, 0.1) is 11.3 Å². The topological polar surface area (TPSA) is 43.2 Å². The van der Waals surface area contributed by atoms with Crippen LogP contribution in [0.2, 0.25) is 0 Å². The SMILES string of the molecule is CCCC1CN(c2ccc(C#N)cn2)CCN1Cc1ccccc1. The van der Waals surface area contributed by atoms with Crippen molar-refractivity contribution in [2.75, 3.05) is 24.5 Å². The number of hydrogen-bond acceptors (Lipinski definition) is 4. The van der Waals surface area contributed by atoms with E-state index in [1.807, 2.05) is 12.1 Å². The second-order valence-corrected chi connectivity index (χ2v) is 6.36. The number of benzene rings is 1. The first-order chi connectivity index (χ1) is 11.8. The molecule has 124 valence electrons. The van der Waals surface area contributed by atoms with Crippen LogP contribution in [-0.4, -0.2) is 35.6 Å². The van der Waals surface area contributed by atoms with E-state index in [2.05, 4.69) is 58.1 Å². The molecule has 1 atom stereocenters. The molecule has 4 nitrogen and oxygen atoms in total. The van der Waals surface area contributed by atoms with Gasteiger partial charge in [0, 0.05) is 38.4 Å². The van der Waals surface area contributed by atoms with Gasteiger partial charge in [-0.05, 0) is 24.1 Å². The molecule has 2 aromatic rings. The summed E-state index contributed by atoms with van der Waals surface area (Å²) in [6.07, 6.45) is 4.05. The zero-order valence-electron chi connectivity index (χ0n) is 14.2. The molecule has 1 aliphatic rings. The third-order valence-electron chi connectivity index (χ3n) is 4.66. The summed E-state index contributed by atoms with van der Waals surface area (Å²) in [6.45, 7) is 6.28. The van der Waals surface area contributed by atoms with Crippen molar-refractivity contribution in [2.45, 2.75) is 32.4 Å². The van der Waals surface area contributed by atoms with Gasteiger partial charge in [-0.25, -0.2) is 4.98 Å². The van der Waals surface area contributed by atoms with Gasteiger partial charge in [0.15, 0.2) is 0 Å². The van der Waals surface area contributed by atoms with E-state index in [0.29, 0.717) is 11.6 Å². The number of pyridine rings is 1. The highest BCUT2D eigenvalue weighted by molar-refractivity contribution is 5.42. The first-order valence-electron chi connectivity index (χ1n) is 8.69. The van der Waals surface area contributed by atoms with Gasteiger partial charge in [-0.2, -0.15) is 5.26 Å². The molecule has 0 amide bonds. The van der Waals surface area contributed by atoms with Gasteiger partial charge in [0.2, 0.25) is 0 Å². The average Bonchev–Trinajstić information content (AvgIpc) is 2.64. The molecule has 1 aliphatic heterocycles. The molecule has 0 spiro atoms. The van der Waals surface area contributed by atoms with Crippen LogP contribution in [0.5, 0.6) is 0 Å². The number of rotatable bonds is 5.